The molecule has 16 heavy (non-hydrogen) atoms. The minimum Gasteiger partial charge on any atom is -0.389 e. The van der Waals surface area contributed by atoms with Gasteiger partial charge >= 0.3 is 0 Å². The Labute approximate surface area is 102 Å². The first-order chi connectivity index (χ1) is 7.52. The molecule has 0 aliphatic heterocycles. The molecular weight excluding hydrogens is 279 g/mol. The average Bonchev–Trinajstić information content (AvgIpc) is 2.24. The number of rotatable bonds is 4. The molecule has 0 aromatic heterocycles. The molecule has 3 nitrogen and oxygen atoms in total. The van der Waals surface area contributed by atoms with E-state index >= 15 is 0 Å². The van der Waals surface area contributed by atoms with E-state index in [0.29, 0.717) is 10.0 Å². The third-order valence-electron chi connectivity index (χ3n) is 2.27. The molecule has 0 amide bonds. The van der Waals surface area contributed by atoms with Crippen LogP contribution in [-0.2, 0) is 9.47 Å². The summed E-state index contributed by atoms with van der Waals surface area (Å²) in [6.45, 7) is 1.50. The molecule has 0 spiro atoms. The van der Waals surface area contributed by atoms with Gasteiger partial charge in [-0.3, -0.25) is 0 Å². The van der Waals surface area contributed by atoms with Gasteiger partial charge in [0.05, 0.1) is 10.6 Å². The Kier molecular flexibility index (Phi) is 4.86. The largest absolute Gasteiger partial charge is 0.389 e. The third kappa shape index (κ3) is 2.60. The van der Waals surface area contributed by atoms with Gasteiger partial charge < -0.3 is 14.6 Å². The van der Waals surface area contributed by atoms with Crippen LogP contribution in [0.1, 0.15) is 30.4 Å². The van der Waals surface area contributed by atoms with Gasteiger partial charge in [-0.25, -0.2) is 4.39 Å². The molecule has 1 unspecified atom stereocenters. The van der Waals surface area contributed by atoms with Gasteiger partial charge in [0.25, 0.3) is 0 Å². The van der Waals surface area contributed by atoms with E-state index in [0.717, 1.165) is 0 Å². The summed E-state index contributed by atoms with van der Waals surface area (Å²) < 4.78 is 24.2. The summed E-state index contributed by atoms with van der Waals surface area (Å²) in [6, 6.07) is 3.22. The predicted molar refractivity (Wildman–Crippen MR) is 61.5 cm³/mol. The monoisotopic (exact) mass is 292 g/mol. The SMILES string of the molecule is COC(OC)c1ccc(Br)c(F)c1C(C)O. The Hall–Kier alpha value is -0.490. The fourth-order valence-electron chi connectivity index (χ4n) is 1.56. The molecule has 0 heterocycles. The van der Waals surface area contributed by atoms with Crippen molar-refractivity contribution in [3.63, 3.8) is 0 Å². The van der Waals surface area contributed by atoms with Crippen molar-refractivity contribution in [1.29, 1.82) is 0 Å². The molecule has 0 saturated heterocycles. The smallest absolute Gasteiger partial charge is 0.183 e. The van der Waals surface area contributed by atoms with Gasteiger partial charge in [-0.15, -0.1) is 0 Å². The summed E-state index contributed by atoms with van der Waals surface area (Å²) in [7, 11) is 2.92. The van der Waals surface area contributed by atoms with Crippen LogP contribution < -0.4 is 0 Å². The second kappa shape index (κ2) is 5.72. The van der Waals surface area contributed by atoms with Gasteiger partial charge in [-0.2, -0.15) is 0 Å². The van der Waals surface area contributed by atoms with E-state index in [9.17, 15) is 9.50 Å². The molecule has 90 valence electrons. The van der Waals surface area contributed by atoms with E-state index < -0.39 is 18.2 Å². The number of hydrogen-bond donors (Lipinski definition) is 1. The minimum absolute atomic E-state index is 0.183. The lowest BCUT2D eigenvalue weighted by Crippen LogP contribution is -2.11. The number of ether oxygens (including phenoxy) is 2. The lowest BCUT2D eigenvalue weighted by atomic mass is 10.0. The van der Waals surface area contributed by atoms with E-state index in [1.807, 2.05) is 0 Å². The van der Waals surface area contributed by atoms with Crippen LogP contribution in [0.4, 0.5) is 4.39 Å². The first kappa shape index (κ1) is 13.6. The van der Waals surface area contributed by atoms with Gasteiger partial charge in [-0.05, 0) is 28.9 Å². The molecule has 1 aromatic rings. The fourth-order valence-corrected chi connectivity index (χ4v) is 1.91. The Morgan fingerprint density at radius 2 is 1.88 bits per heavy atom. The second-order valence-electron chi connectivity index (χ2n) is 3.34. The molecule has 1 atom stereocenters. The summed E-state index contributed by atoms with van der Waals surface area (Å²) in [5.41, 5.74) is 0.670. The maximum atomic E-state index is 13.8. The zero-order valence-electron chi connectivity index (χ0n) is 9.33. The summed E-state index contributed by atoms with van der Waals surface area (Å²) in [4.78, 5) is 0. The molecule has 0 radical (unpaired) electrons. The van der Waals surface area contributed by atoms with E-state index in [4.69, 9.17) is 9.47 Å². The van der Waals surface area contributed by atoms with Crippen molar-refractivity contribution in [2.75, 3.05) is 14.2 Å². The maximum absolute atomic E-state index is 13.8. The van der Waals surface area contributed by atoms with Crippen LogP contribution in [0.15, 0.2) is 16.6 Å². The van der Waals surface area contributed by atoms with Gasteiger partial charge in [0, 0.05) is 25.3 Å². The Morgan fingerprint density at radius 3 is 2.31 bits per heavy atom. The number of methoxy groups -OCH3 is 2. The summed E-state index contributed by atoms with van der Waals surface area (Å²) in [5, 5.41) is 9.58. The molecule has 0 bridgehead atoms. The average molecular weight is 293 g/mol. The van der Waals surface area contributed by atoms with E-state index in [1.165, 1.54) is 21.1 Å². The van der Waals surface area contributed by atoms with Crippen molar-refractivity contribution in [3.05, 3.63) is 33.5 Å². The van der Waals surface area contributed by atoms with Crippen molar-refractivity contribution in [3.8, 4) is 0 Å². The molecule has 1 N–H and O–H groups in total. The van der Waals surface area contributed by atoms with Crippen molar-refractivity contribution in [1.82, 2.24) is 0 Å². The highest BCUT2D eigenvalue weighted by Crippen LogP contribution is 2.32. The molecule has 1 rings (SSSR count). The van der Waals surface area contributed by atoms with Gasteiger partial charge in [-0.1, -0.05) is 6.07 Å². The zero-order valence-corrected chi connectivity index (χ0v) is 10.9. The van der Waals surface area contributed by atoms with E-state index in [-0.39, 0.29) is 5.56 Å². The van der Waals surface area contributed by atoms with Crippen molar-refractivity contribution >= 4 is 15.9 Å². The first-order valence-corrected chi connectivity index (χ1v) is 5.53. The predicted octanol–water partition coefficient (Wildman–Crippen LogP) is 2.93. The summed E-state index contributed by atoms with van der Waals surface area (Å²) in [6.07, 6.45) is -1.62. The highest BCUT2D eigenvalue weighted by molar-refractivity contribution is 9.10. The number of benzene rings is 1. The number of aliphatic hydroxyl groups is 1. The number of halogens is 2. The van der Waals surface area contributed by atoms with Crippen LogP contribution >= 0.6 is 15.9 Å². The van der Waals surface area contributed by atoms with Crippen LogP contribution in [0.3, 0.4) is 0 Å². The quantitative estimate of drug-likeness (QED) is 0.867. The van der Waals surface area contributed by atoms with Crippen LogP contribution in [0.25, 0.3) is 0 Å². The van der Waals surface area contributed by atoms with Crippen LogP contribution in [0.5, 0.6) is 0 Å². The van der Waals surface area contributed by atoms with Gasteiger partial charge in [0.2, 0.25) is 0 Å². The summed E-state index contributed by atoms with van der Waals surface area (Å²) in [5.74, 6) is -0.494. The number of hydrogen-bond acceptors (Lipinski definition) is 3. The normalized spacial score (nSPS) is 13.2. The fraction of sp³-hybridized carbons (Fsp3) is 0.455. The van der Waals surface area contributed by atoms with Crippen molar-refractivity contribution in [2.24, 2.45) is 0 Å². The van der Waals surface area contributed by atoms with E-state index in [1.54, 1.807) is 12.1 Å². The first-order valence-electron chi connectivity index (χ1n) is 4.74. The third-order valence-corrected chi connectivity index (χ3v) is 2.88. The minimum atomic E-state index is -0.930. The Bertz CT molecular complexity index is 364. The topological polar surface area (TPSA) is 38.7 Å². The second-order valence-corrected chi connectivity index (χ2v) is 4.20. The van der Waals surface area contributed by atoms with Crippen LogP contribution in [0, 0.1) is 5.82 Å². The van der Waals surface area contributed by atoms with Crippen LogP contribution in [-0.4, -0.2) is 19.3 Å². The molecular formula is C11H14BrFO3. The molecule has 0 aliphatic rings. The lowest BCUT2D eigenvalue weighted by molar-refractivity contribution is -0.107. The zero-order chi connectivity index (χ0) is 12.3. The lowest BCUT2D eigenvalue weighted by Gasteiger charge is -2.20. The summed E-state index contributed by atoms with van der Waals surface area (Å²) >= 11 is 3.07. The van der Waals surface area contributed by atoms with Crippen molar-refractivity contribution < 1.29 is 19.0 Å². The Balaban J connectivity index is 3.33. The van der Waals surface area contributed by atoms with Crippen molar-refractivity contribution in [2.45, 2.75) is 19.3 Å². The van der Waals surface area contributed by atoms with Gasteiger partial charge in [0.15, 0.2) is 6.29 Å². The maximum Gasteiger partial charge on any atom is 0.183 e. The molecule has 0 saturated carbocycles. The standard InChI is InChI=1S/C11H14BrFO3/c1-6(14)9-7(11(15-2)16-3)4-5-8(12)10(9)13/h4-6,11,14H,1-3H3. The highest BCUT2D eigenvalue weighted by Gasteiger charge is 2.22. The Morgan fingerprint density at radius 1 is 1.31 bits per heavy atom. The van der Waals surface area contributed by atoms with Crippen LogP contribution in [0.2, 0.25) is 0 Å². The molecule has 0 fully saturated rings. The van der Waals surface area contributed by atoms with E-state index in [2.05, 4.69) is 15.9 Å². The number of aliphatic hydroxyl groups excluding tert-OH is 1. The van der Waals surface area contributed by atoms with Gasteiger partial charge in [0.1, 0.15) is 5.82 Å². The highest BCUT2D eigenvalue weighted by atomic mass is 79.9. The molecule has 0 aliphatic carbocycles. The molecule has 5 heteroatoms. The molecule has 1 aromatic carbocycles.